The number of carbonyl (C=O) groups excluding carboxylic acids is 2. The first kappa shape index (κ1) is 16.5. The van der Waals surface area contributed by atoms with Crippen LogP contribution in [0, 0.1) is 0 Å². The van der Waals surface area contributed by atoms with Crippen molar-refractivity contribution in [1.82, 2.24) is 15.5 Å². The Hall–Kier alpha value is -2.34. The molecule has 24 heavy (non-hydrogen) atoms. The maximum absolute atomic E-state index is 12.8. The predicted octanol–water partition coefficient (Wildman–Crippen LogP) is 1.95. The van der Waals surface area contributed by atoms with Gasteiger partial charge in [-0.25, -0.2) is 4.79 Å². The summed E-state index contributed by atoms with van der Waals surface area (Å²) in [5.74, 6) is -0.0177. The standard InChI is InChI=1S/C18H23N3O3/c1-12(2)24-10-6-9-21-11-14-15(17(21)22)16(20-18(23)19-14)13-7-4-3-5-8-13/h3-5,7-8,12,16H,6,9-11H2,1-2H3,(H2,19,20,23). The van der Waals surface area contributed by atoms with Gasteiger partial charge in [0, 0.05) is 13.2 Å². The van der Waals surface area contributed by atoms with Gasteiger partial charge in [-0.2, -0.15) is 0 Å². The zero-order valence-electron chi connectivity index (χ0n) is 14.0. The summed E-state index contributed by atoms with van der Waals surface area (Å²) in [5.41, 5.74) is 2.27. The van der Waals surface area contributed by atoms with Crippen LogP contribution in [0.15, 0.2) is 41.6 Å². The zero-order chi connectivity index (χ0) is 17.1. The molecule has 0 aromatic heterocycles. The molecule has 2 aliphatic rings. The molecule has 1 unspecified atom stereocenters. The fraction of sp³-hybridized carbons (Fsp3) is 0.444. The maximum Gasteiger partial charge on any atom is 0.319 e. The second-order valence-corrected chi connectivity index (χ2v) is 6.33. The average Bonchev–Trinajstić information content (AvgIpc) is 2.87. The van der Waals surface area contributed by atoms with Crippen LogP contribution >= 0.6 is 0 Å². The zero-order valence-corrected chi connectivity index (χ0v) is 14.0. The molecule has 6 heteroatoms. The third kappa shape index (κ3) is 3.43. The first-order valence-electron chi connectivity index (χ1n) is 8.32. The topological polar surface area (TPSA) is 70.7 Å². The number of benzene rings is 1. The summed E-state index contributed by atoms with van der Waals surface area (Å²) >= 11 is 0. The molecule has 3 amide bonds. The number of nitrogens with zero attached hydrogens (tertiary/aromatic N) is 1. The lowest BCUT2D eigenvalue weighted by atomic mass is 9.96. The van der Waals surface area contributed by atoms with E-state index in [0.717, 1.165) is 12.0 Å². The number of hydrogen-bond acceptors (Lipinski definition) is 3. The molecule has 0 aliphatic carbocycles. The van der Waals surface area contributed by atoms with E-state index in [9.17, 15) is 9.59 Å². The molecule has 1 atom stereocenters. The van der Waals surface area contributed by atoms with Crippen LogP contribution < -0.4 is 10.6 Å². The molecule has 1 aromatic carbocycles. The van der Waals surface area contributed by atoms with Crippen LogP contribution in [-0.4, -0.2) is 42.6 Å². The minimum atomic E-state index is -0.389. The van der Waals surface area contributed by atoms with E-state index in [1.165, 1.54) is 0 Å². The Bertz CT molecular complexity index is 655. The first-order chi connectivity index (χ1) is 11.6. The smallest absolute Gasteiger partial charge is 0.319 e. The van der Waals surface area contributed by atoms with Crippen molar-refractivity contribution in [1.29, 1.82) is 0 Å². The van der Waals surface area contributed by atoms with Gasteiger partial charge in [0.15, 0.2) is 0 Å². The van der Waals surface area contributed by atoms with Crippen LogP contribution in [0.1, 0.15) is 31.9 Å². The van der Waals surface area contributed by atoms with Crippen LogP contribution in [-0.2, 0) is 9.53 Å². The van der Waals surface area contributed by atoms with Gasteiger partial charge in [-0.3, -0.25) is 4.79 Å². The Kier molecular flexibility index (Phi) is 4.85. The fourth-order valence-electron chi connectivity index (χ4n) is 3.08. The van der Waals surface area contributed by atoms with Gasteiger partial charge in [0.25, 0.3) is 5.91 Å². The molecule has 2 heterocycles. The van der Waals surface area contributed by atoms with Gasteiger partial charge >= 0.3 is 6.03 Å². The summed E-state index contributed by atoms with van der Waals surface area (Å²) in [4.78, 5) is 26.5. The van der Waals surface area contributed by atoms with Crippen LogP contribution in [0.5, 0.6) is 0 Å². The van der Waals surface area contributed by atoms with Crippen LogP contribution in [0.25, 0.3) is 0 Å². The van der Waals surface area contributed by atoms with Crippen LogP contribution in [0.3, 0.4) is 0 Å². The van der Waals surface area contributed by atoms with Crippen molar-refractivity contribution >= 4 is 11.9 Å². The van der Waals surface area contributed by atoms with Gasteiger partial charge in [0.05, 0.1) is 30.0 Å². The Morgan fingerprint density at radius 3 is 2.71 bits per heavy atom. The van der Waals surface area contributed by atoms with E-state index in [4.69, 9.17) is 4.74 Å². The number of hydrogen-bond donors (Lipinski definition) is 2. The van der Waals surface area contributed by atoms with E-state index in [1.807, 2.05) is 44.2 Å². The minimum Gasteiger partial charge on any atom is -0.379 e. The van der Waals surface area contributed by atoms with Gasteiger partial charge in [0.1, 0.15) is 0 Å². The quantitative estimate of drug-likeness (QED) is 0.784. The minimum absolute atomic E-state index is 0.0177. The Morgan fingerprint density at radius 2 is 2.00 bits per heavy atom. The molecule has 128 valence electrons. The SMILES string of the molecule is CC(C)OCCCN1CC2=C(C1=O)C(c1ccccc1)NC(=O)N2. The van der Waals surface area contributed by atoms with E-state index < -0.39 is 0 Å². The number of carbonyl (C=O) groups is 2. The van der Waals surface area contributed by atoms with Crippen LogP contribution in [0.2, 0.25) is 0 Å². The summed E-state index contributed by atoms with van der Waals surface area (Å²) in [7, 11) is 0. The molecule has 6 nitrogen and oxygen atoms in total. The molecule has 0 radical (unpaired) electrons. The molecule has 3 rings (SSSR count). The van der Waals surface area contributed by atoms with E-state index >= 15 is 0 Å². The number of urea groups is 1. The second-order valence-electron chi connectivity index (χ2n) is 6.33. The van der Waals surface area contributed by atoms with Gasteiger partial charge < -0.3 is 20.3 Å². The van der Waals surface area contributed by atoms with Gasteiger partial charge in [-0.05, 0) is 25.8 Å². The van der Waals surface area contributed by atoms with Crippen molar-refractivity contribution in [3.8, 4) is 0 Å². The van der Waals surface area contributed by atoms with E-state index in [1.54, 1.807) is 4.90 Å². The van der Waals surface area contributed by atoms with Crippen molar-refractivity contribution in [2.75, 3.05) is 19.7 Å². The average molecular weight is 329 g/mol. The summed E-state index contributed by atoms with van der Waals surface area (Å²) in [6.45, 7) is 5.68. The lowest BCUT2D eigenvalue weighted by Gasteiger charge is -2.25. The van der Waals surface area contributed by atoms with Crippen molar-refractivity contribution in [3.05, 3.63) is 47.2 Å². The predicted molar refractivity (Wildman–Crippen MR) is 90.2 cm³/mol. The first-order valence-corrected chi connectivity index (χ1v) is 8.32. The molecular formula is C18H23N3O3. The molecule has 0 bridgehead atoms. The highest BCUT2D eigenvalue weighted by Crippen LogP contribution is 2.32. The molecule has 0 spiro atoms. The largest absolute Gasteiger partial charge is 0.379 e. The number of ether oxygens (including phenoxy) is 1. The highest BCUT2D eigenvalue weighted by Gasteiger charge is 2.39. The third-order valence-electron chi connectivity index (χ3n) is 4.18. The highest BCUT2D eigenvalue weighted by molar-refractivity contribution is 6.01. The van der Waals surface area contributed by atoms with E-state index in [-0.39, 0.29) is 24.1 Å². The van der Waals surface area contributed by atoms with E-state index in [0.29, 0.717) is 31.0 Å². The van der Waals surface area contributed by atoms with Crippen molar-refractivity contribution < 1.29 is 14.3 Å². The molecule has 2 N–H and O–H groups in total. The molecule has 0 fully saturated rings. The maximum atomic E-state index is 12.8. The van der Waals surface area contributed by atoms with Crippen molar-refractivity contribution in [2.24, 2.45) is 0 Å². The normalized spacial score (nSPS) is 20.3. The Labute approximate surface area is 141 Å². The molecule has 0 saturated heterocycles. The monoisotopic (exact) mass is 329 g/mol. The van der Waals surface area contributed by atoms with Crippen LogP contribution in [0.4, 0.5) is 4.79 Å². The number of amides is 3. The summed E-state index contributed by atoms with van der Waals surface area (Å²) < 4.78 is 5.53. The fourth-order valence-corrected chi connectivity index (χ4v) is 3.08. The summed E-state index contributed by atoms with van der Waals surface area (Å²) in [6.07, 6.45) is 0.971. The highest BCUT2D eigenvalue weighted by atomic mass is 16.5. The third-order valence-corrected chi connectivity index (χ3v) is 4.18. The molecular weight excluding hydrogens is 306 g/mol. The van der Waals surface area contributed by atoms with Crippen molar-refractivity contribution in [3.63, 3.8) is 0 Å². The summed E-state index contributed by atoms with van der Waals surface area (Å²) in [5, 5.41) is 5.64. The van der Waals surface area contributed by atoms with Gasteiger partial charge in [-0.15, -0.1) is 0 Å². The van der Waals surface area contributed by atoms with Crippen molar-refractivity contribution in [2.45, 2.75) is 32.4 Å². The molecule has 1 aromatic rings. The second kappa shape index (κ2) is 7.05. The molecule has 0 saturated carbocycles. The van der Waals surface area contributed by atoms with Gasteiger partial charge in [0.2, 0.25) is 0 Å². The number of nitrogens with one attached hydrogen (secondary N) is 2. The molecule has 2 aliphatic heterocycles. The number of rotatable bonds is 6. The Morgan fingerprint density at radius 1 is 1.25 bits per heavy atom. The Balaban J connectivity index is 1.71. The van der Waals surface area contributed by atoms with Gasteiger partial charge in [-0.1, -0.05) is 30.3 Å². The lowest BCUT2D eigenvalue weighted by Crippen LogP contribution is -2.44. The summed E-state index contributed by atoms with van der Waals surface area (Å²) in [6, 6.07) is 8.92. The lowest BCUT2D eigenvalue weighted by molar-refractivity contribution is -0.126. The van der Waals surface area contributed by atoms with E-state index in [2.05, 4.69) is 10.6 Å².